The van der Waals surface area contributed by atoms with Gasteiger partial charge in [-0.25, -0.2) is 0 Å². The first-order chi connectivity index (χ1) is 11.1. The van der Waals surface area contributed by atoms with E-state index in [0.29, 0.717) is 37.5 Å². The van der Waals surface area contributed by atoms with Crippen LogP contribution in [-0.2, 0) is 11.3 Å². The predicted octanol–water partition coefficient (Wildman–Crippen LogP) is 1.99. The maximum Gasteiger partial charge on any atom is 0.234 e. The van der Waals surface area contributed by atoms with E-state index in [0.717, 1.165) is 5.56 Å². The van der Waals surface area contributed by atoms with Gasteiger partial charge in [0.1, 0.15) is 0 Å². The summed E-state index contributed by atoms with van der Waals surface area (Å²) in [6.45, 7) is 5.15. The molecule has 0 bridgehead atoms. The fourth-order valence-electron chi connectivity index (χ4n) is 1.97. The molecule has 0 saturated carbocycles. The van der Waals surface area contributed by atoms with E-state index in [1.165, 1.54) is 0 Å². The minimum absolute atomic E-state index is 0.0264. The molecule has 6 nitrogen and oxygen atoms in total. The highest BCUT2D eigenvalue weighted by atomic mass is 16.5. The van der Waals surface area contributed by atoms with Gasteiger partial charge in [0.2, 0.25) is 5.91 Å². The molecule has 0 saturated heterocycles. The second kappa shape index (κ2) is 10.5. The van der Waals surface area contributed by atoms with Gasteiger partial charge < -0.3 is 20.1 Å². The van der Waals surface area contributed by atoms with Crippen LogP contribution < -0.4 is 20.1 Å². The van der Waals surface area contributed by atoms with E-state index in [2.05, 4.69) is 16.7 Å². The molecule has 6 heteroatoms. The maximum atomic E-state index is 11.6. The third-order valence-electron chi connectivity index (χ3n) is 2.98. The summed E-state index contributed by atoms with van der Waals surface area (Å²) >= 11 is 0. The van der Waals surface area contributed by atoms with E-state index in [-0.39, 0.29) is 18.5 Å². The van der Waals surface area contributed by atoms with Crippen LogP contribution in [0.5, 0.6) is 11.5 Å². The average Bonchev–Trinajstić information content (AvgIpc) is 2.51. The number of amides is 1. The Bertz CT molecular complexity index is 538. The minimum Gasteiger partial charge on any atom is -0.493 e. The van der Waals surface area contributed by atoms with Crippen molar-refractivity contribution in [1.82, 2.24) is 10.6 Å². The van der Waals surface area contributed by atoms with Gasteiger partial charge in [-0.2, -0.15) is 5.26 Å². The molecular formula is C17H25N3O3. The van der Waals surface area contributed by atoms with Crippen molar-refractivity contribution in [3.05, 3.63) is 23.8 Å². The summed E-state index contributed by atoms with van der Waals surface area (Å²) in [7, 11) is 1.59. The number of nitrogens with zero attached hydrogens (tertiary/aromatic N) is 1. The summed E-state index contributed by atoms with van der Waals surface area (Å²) in [4.78, 5) is 11.6. The summed E-state index contributed by atoms with van der Waals surface area (Å²) in [6, 6.07) is 7.87. The smallest absolute Gasteiger partial charge is 0.234 e. The molecule has 0 radical (unpaired) electrons. The SMILES string of the molecule is COc1ccc(CNCC(=O)NC(C)C)cc1OCCCC#N. The Morgan fingerprint density at radius 2 is 2.13 bits per heavy atom. The van der Waals surface area contributed by atoms with Gasteiger partial charge >= 0.3 is 0 Å². The fraction of sp³-hybridized carbons (Fsp3) is 0.529. The van der Waals surface area contributed by atoms with Gasteiger partial charge in [-0.1, -0.05) is 6.07 Å². The van der Waals surface area contributed by atoms with Crippen LogP contribution in [0.25, 0.3) is 0 Å². The maximum absolute atomic E-state index is 11.6. The van der Waals surface area contributed by atoms with E-state index in [9.17, 15) is 4.79 Å². The molecule has 23 heavy (non-hydrogen) atoms. The first-order valence-corrected chi connectivity index (χ1v) is 7.73. The van der Waals surface area contributed by atoms with Gasteiger partial charge in [0.15, 0.2) is 11.5 Å². The Labute approximate surface area is 137 Å². The Morgan fingerprint density at radius 1 is 1.35 bits per heavy atom. The van der Waals surface area contributed by atoms with Gasteiger partial charge in [0.05, 0.1) is 26.3 Å². The van der Waals surface area contributed by atoms with E-state index in [1.807, 2.05) is 32.0 Å². The summed E-state index contributed by atoms with van der Waals surface area (Å²) < 4.78 is 10.9. The van der Waals surface area contributed by atoms with E-state index >= 15 is 0 Å². The van der Waals surface area contributed by atoms with Crippen molar-refractivity contribution < 1.29 is 14.3 Å². The van der Waals surface area contributed by atoms with Gasteiger partial charge in [-0.3, -0.25) is 4.79 Å². The number of ether oxygens (including phenoxy) is 2. The number of methoxy groups -OCH3 is 1. The zero-order valence-corrected chi connectivity index (χ0v) is 14.0. The molecule has 1 aromatic carbocycles. The Balaban J connectivity index is 2.52. The van der Waals surface area contributed by atoms with Crippen molar-refractivity contribution in [3.63, 3.8) is 0 Å². The van der Waals surface area contributed by atoms with Crippen molar-refractivity contribution in [2.24, 2.45) is 0 Å². The number of carbonyl (C=O) groups excluding carboxylic acids is 1. The molecule has 0 fully saturated rings. The lowest BCUT2D eigenvalue weighted by atomic mass is 10.2. The van der Waals surface area contributed by atoms with Crippen molar-refractivity contribution in [2.45, 2.75) is 39.3 Å². The summed E-state index contributed by atoms with van der Waals surface area (Å²) in [5.74, 6) is 1.28. The van der Waals surface area contributed by atoms with Crippen LogP contribution in [0.4, 0.5) is 0 Å². The number of nitrogens with one attached hydrogen (secondary N) is 2. The number of nitriles is 1. The largest absolute Gasteiger partial charge is 0.493 e. The van der Waals surface area contributed by atoms with Crippen LogP contribution in [-0.4, -0.2) is 32.2 Å². The molecule has 2 N–H and O–H groups in total. The highest BCUT2D eigenvalue weighted by molar-refractivity contribution is 5.78. The lowest BCUT2D eigenvalue weighted by molar-refractivity contribution is -0.120. The summed E-state index contributed by atoms with van der Waals surface area (Å²) in [5.41, 5.74) is 0.999. The molecule has 0 heterocycles. The van der Waals surface area contributed by atoms with Gasteiger partial charge in [0, 0.05) is 19.0 Å². The fourth-order valence-corrected chi connectivity index (χ4v) is 1.97. The molecule has 126 valence electrons. The number of hydrogen-bond acceptors (Lipinski definition) is 5. The number of carbonyl (C=O) groups is 1. The summed E-state index contributed by atoms with van der Waals surface area (Å²) in [6.07, 6.45) is 1.14. The van der Waals surface area contributed by atoms with Gasteiger partial charge in [0.25, 0.3) is 0 Å². The third kappa shape index (κ3) is 7.52. The monoisotopic (exact) mass is 319 g/mol. The third-order valence-corrected chi connectivity index (χ3v) is 2.98. The molecule has 1 rings (SSSR count). The zero-order chi connectivity index (χ0) is 17.1. The number of unbranched alkanes of at least 4 members (excludes halogenated alkanes) is 1. The average molecular weight is 319 g/mol. The van der Waals surface area contributed by atoms with Crippen molar-refractivity contribution in [3.8, 4) is 17.6 Å². The van der Waals surface area contributed by atoms with Crippen molar-refractivity contribution in [1.29, 1.82) is 5.26 Å². The zero-order valence-electron chi connectivity index (χ0n) is 14.0. The molecule has 0 spiro atoms. The number of rotatable bonds is 10. The van der Waals surface area contributed by atoms with E-state index < -0.39 is 0 Å². The van der Waals surface area contributed by atoms with Crippen LogP contribution >= 0.6 is 0 Å². The first kappa shape index (κ1) is 18.8. The second-order valence-corrected chi connectivity index (χ2v) is 5.42. The Hall–Kier alpha value is -2.26. The molecule has 0 aliphatic rings. The molecule has 0 unspecified atom stereocenters. The molecular weight excluding hydrogens is 294 g/mol. The lowest BCUT2D eigenvalue weighted by Gasteiger charge is -2.13. The van der Waals surface area contributed by atoms with Gasteiger partial charge in [-0.05, 0) is 38.0 Å². The van der Waals surface area contributed by atoms with Gasteiger partial charge in [-0.15, -0.1) is 0 Å². The topological polar surface area (TPSA) is 83.4 Å². The quantitative estimate of drug-likeness (QED) is 0.644. The molecule has 0 aliphatic carbocycles. The molecule has 0 atom stereocenters. The Kier molecular flexibility index (Phi) is 8.55. The van der Waals surface area contributed by atoms with E-state index in [4.69, 9.17) is 14.7 Å². The second-order valence-electron chi connectivity index (χ2n) is 5.42. The highest BCUT2D eigenvalue weighted by Gasteiger charge is 2.07. The highest BCUT2D eigenvalue weighted by Crippen LogP contribution is 2.28. The first-order valence-electron chi connectivity index (χ1n) is 7.73. The van der Waals surface area contributed by atoms with Crippen LogP contribution in [0, 0.1) is 11.3 Å². The van der Waals surface area contributed by atoms with Crippen LogP contribution in [0.1, 0.15) is 32.3 Å². The normalized spacial score (nSPS) is 10.2. The summed E-state index contributed by atoms with van der Waals surface area (Å²) in [5, 5.41) is 14.5. The number of benzene rings is 1. The molecule has 1 amide bonds. The van der Waals surface area contributed by atoms with E-state index in [1.54, 1.807) is 7.11 Å². The predicted molar refractivity (Wildman–Crippen MR) is 88.3 cm³/mol. The molecule has 0 aromatic heterocycles. The lowest BCUT2D eigenvalue weighted by Crippen LogP contribution is -2.37. The number of hydrogen-bond donors (Lipinski definition) is 2. The van der Waals surface area contributed by atoms with Crippen LogP contribution in [0.3, 0.4) is 0 Å². The minimum atomic E-state index is -0.0264. The van der Waals surface area contributed by atoms with Crippen molar-refractivity contribution in [2.75, 3.05) is 20.3 Å². The Morgan fingerprint density at radius 3 is 2.78 bits per heavy atom. The van der Waals surface area contributed by atoms with Crippen LogP contribution in [0.15, 0.2) is 18.2 Å². The van der Waals surface area contributed by atoms with Crippen LogP contribution in [0.2, 0.25) is 0 Å². The molecule has 1 aromatic rings. The standard InChI is InChI=1S/C17H25N3O3/c1-13(2)20-17(21)12-19-11-14-6-7-15(22-3)16(10-14)23-9-5-4-8-18/h6-7,10,13,19H,4-5,9,11-12H2,1-3H3,(H,20,21). The van der Waals surface area contributed by atoms with Crippen molar-refractivity contribution >= 4 is 5.91 Å². The molecule has 0 aliphatic heterocycles.